The van der Waals surface area contributed by atoms with Crippen molar-refractivity contribution < 1.29 is 37.5 Å². The summed E-state index contributed by atoms with van der Waals surface area (Å²) in [6, 6.07) is 0. The number of ether oxygens (including phenoxy) is 2. The van der Waals surface area contributed by atoms with Crippen molar-refractivity contribution in [2.24, 2.45) is 0 Å². The first-order valence-corrected chi connectivity index (χ1v) is 16.7. The number of hydrogen-bond acceptors (Lipinski definition) is 11. The minimum atomic E-state index is -4.56. The van der Waals surface area contributed by atoms with Crippen LogP contribution < -0.4 is 5.73 Å². The second kappa shape index (κ2) is 15.9. The first-order chi connectivity index (χ1) is 19.1. The molecule has 1 saturated heterocycles. The lowest BCUT2D eigenvalue weighted by atomic mass is 10.1. The SMILES string of the molecule is CCCCCCCCC(C)OC(COP(=O)(O)OC[C@H]1O[C@@H](n2cnc3c(N)nc(Cl)nc32)C(F)C1O)CSC. The van der Waals surface area contributed by atoms with E-state index in [-0.39, 0.29) is 35.0 Å². The van der Waals surface area contributed by atoms with Gasteiger partial charge in [-0.2, -0.15) is 21.7 Å². The van der Waals surface area contributed by atoms with Crippen LogP contribution in [0.25, 0.3) is 11.2 Å². The summed E-state index contributed by atoms with van der Waals surface area (Å²) in [5, 5.41) is 10.2. The van der Waals surface area contributed by atoms with Gasteiger partial charge in [-0.05, 0) is 31.2 Å². The third-order valence-corrected chi connectivity index (χ3v) is 8.38. The molecule has 3 heterocycles. The largest absolute Gasteiger partial charge is 0.472 e. The van der Waals surface area contributed by atoms with Crippen LogP contribution in [-0.2, 0) is 23.1 Å². The Hall–Kier alpha value is -1.09. The number of unbranched alkanes of at least 4 members (excludes halogenated alkanes) is 5. The van der Waals surface area contributed by atoms with Crippen LogP contribution in [0.2, 0.25) is 5.28 Å². The normalized spacial score (nSPS) is 24.4. The molecule has 2 aromatic rings. The van der Waals surface area contributed by atoms with Crippen LogP contribution in [0.3, 0.4) is 0 Å². The van der Waals surface area contributed by atoms with Gasteiger partial charge in [0.15, 0.2) is 23.9 Å². The van der Waals surface area contributed by atoms with E-state index in [1.807, 2.05) is 13.2 Å². The summed E-state index contributed by atoms with van der Waals surface area (Å²) in [5.41, 5.74) is 6.09. The molecule has 1 aliphatic heterocycles. The van der Waals surface area contributed by atoms with Crippen molar-refractivity contribution in [2.45, 2.75) is 95.6 Å². The van der Waals surface area contributed by atoms with Crippen LogP contribution >= 0.6 is 31.2 Å². The van der Waals surface area contributed by atoms with E-state index in [9.17, 15) is 14.6 Å². The number of aromatic nitrogens is 4. The number of aliphatic hydroxyl groups excluding tert-OH is 1. The Morgan fingerprint density at radius 2 is 2.00 bits per heavy atom. The smallest absolute Gasteiger partial charge is 0.387 e. The number of rotatable bonds is 18. The van der Waals surface area contributed by atoms with Crippen LogP contribution in [0.4, 0.5) is 10.2 Å². The molecule has 0 radical (unpaired) electrons. The van der Waals surface area contributed by atoms with Gasteiger partial charge in [0.1, 0.15) is 17.7 Å². The highest BCUT2D eigenvalue weighted by molar-refractivity contribution is 7.98. The number of fused-ring (bicyclic) bond motifs is 1. The average Bonchev–Trinajstić information content (AvgIpc) is 3.44. The fourth-order valence-corrected chi connectivity index (χ4v) is 5.95. The molecule has 2 aromatic heterocycles. The maximum atomic E-state index is 15.0. The Labute approximate surface area is 243 Å². The standard InChI is InChI=1S/C24H40ClFN5O7PS/c1-4-5-6-7-8-9-10-15(2)37-16(13-40-3)11-35-39(33,34)36-12-17-20(32)18(26)23(38-17)31-14-28-19-21(27)29-24(25)30-22(19)31/h14-18,20,23,32H,4-13H2,1-3H3,(H,33,34)(H2,27,29,30)/t15?,16?,17-,18?,20?,23-/m1/s1. The van der Waals surface area contributed by atoms with E-state index in [1.54, 1.807) is 0 Å². The Morgan fingerprint density at radius 1 is 1.27 bits per heavy atom. The molecule has 5 unspecified atom stereocenters. The highest BCUT2D eigenvalue weighted by Crippen LogP contribution is 2.45. The Balaban J connectivity index is 1.49. The highest BCUT2D eigenvalue weighted by atomic mass is 35.5. The molecule has 0 saturated carbocycles. The summed E-state index contributed by atoms with van der Waals surface area (Å²) in [4.78, 5) is 22.1. The van der Waals surface area contributed by atoms with Crippen molar-refractivity contribution in [3.05, 3.63) is 11.6 Å². The molecular formula is C24H40ClFN5O7PS. The molecule has 0 amide bonds. The zero-order chi connectivity index (χ0) is 29.3. The predicted octanol–water partition coefficient (Wildman–Crippen LogP) is 4.68. The van der Waals surface area contributed by atoms with Crippen molar-refractivity contribution in [3.63, 3.8) is 0 Å². The molecule has 12 nitrogen and oxygen atoms in total. The predicted molar refractivity (Wildman–Crippen MR) is 152 cm³/mol. The monoisotopic (exact) mass is 627 g/mol. The summed E-state index contributed by atoms with van der Waals surface area (Å²) >= 11 is 7.40. The van der Waals surface area contributed by atoms with Gasteiger partial charge < -0.3 is 25.2 Å². The number of imidazole rings is 1. The molecule has 228 valence electrons. The Morgan fingerprint density at radius 3 is 2.73 bits per heavy atom. The number of anilines is 1. The highest BCUT2D eigenvalue weighted by Gasteiger charge is 2.47. The van der Waals surface area contributed by atoms with Crippen LogP contribution in [0.15, 0.2) is 6.33 Å². The maximum Gasteiger partial charge on any atom is 0.472 e. The molecule has 7 atom stereocenters. The average molecular weight is 628 g/mol. The van der Waals surface area contributed by atoms with Gasteiger partial charge in [-0.1, -0.05) is 45.4 Å². The second-order valence-electron chi connectivity index (χ2n) is 9.84. The van der Waals surface area contributed by atoms with Crippen LogP contribution in [0.1, 0.15) is 65.0 Å². The van der Waals surface area contributed by atoms with E-state index in [4.69, 9.17) is 35.9 Å². The van der Waals surface area contributed by atoms with Crippen LogP contribution in [0, 0.1) is 0 Å². The minimum absolute atomic E-state index is 0.00140. The van der Waals surface area contributed by atoms with Gasteiger partial charge >= 0.3 is 7.82 Å². The van der Waals surface area contributed by atoms with E-state index in [1.165, 1.54) is 48.3 Å². The number of nitrogen functional groups attached to an aromatic ring is 1. The molecule has 0 bridgehead atoms. The minimum Gasteiger partial charge on any atom is -0.387 e. The van der Waals surface area contributed by atoms with Gasteiger partial charge in [0.2, 0.25) is 5.28 Å². The first kappa shape index (κ1) is 33.4. The third-order valence-electron chi connectivity index (χ3n) is 6.56. The second-order valence-corrected chi connectivity index (χ2v) is 12.5. The first-order valence-electron chi connectivity index (χ1n) is 13.5. The van der Waals surface area contributed by atoms with E-state index in [0.29, 0.717) is 5.75 Å². The number of halogens is 2. The van der Waals surface area contributed by atoms with E-state index >= 15 is 4.39 Å². The lowest BCUT2D eigenvalue weighted by Gasteiger charge is -2.23. The molecule has 16 heteroatoms. The molecule has 4 N–H and O–H groups in total. The van der Waals surface area contributed by atoms with Crippen molar-refractivity contribution >= 4 is 48.2 Å². The lowest BCUT2D eigenvalue weighted by molar-refractivity contribution is -0.0513. The van der Waals surface area contributed by atoms with Gasteiger partial charge in [0.05, 0.1) is 31.7 Å². The quantitative estimate of drug-likeness (QED) is 0.119. The van der Waals surface area contributed by atoms with Crippen molar-refractivity contribution in [1.82, 2.24) is 19.5 Å². The topological polar surface area (TPSA) is 164 Å². The Kier molecular flexibility index (Phi) is 13.3. The van der Waals surface area contributed by atoms with Gasteiger partial charge in [-0.15, -0.1) is 0 Å². The number of aliphatic hydroxyl groups is 1. The molecule has 1 fully saturated rings. The molecular weight excluding hydrogens is 588 g/mol. The van der Waals surface area contributed by atoms with E-state index in [0.717, 1.165) is 19.3 Å². The number of alkyl halides is 1. The summed E-state index contributed by atoms with van der Waals surface area (Å²) in [6.07, 6.45) is 4.51. The molecule has 0 aromatic carbocycles. The van der Waals surface area contributed by atoms with Crippen molar-refractivity contribution in [2.75, 3.05) is 31.0 Å². The third kappa shape index (κ3) is 9.47. The number of hydrogen-bond donors (Lipinski definition) is 3. The van der Waals surface area contributed by atoms with Crippen molar-refractivity contribution in [1.29, 1.82) is 0 Å². The van der Waals surface area contributed by atoms with Gasteiger partial charge in [-0.3, -0.25) is 13.6 Å². The molecule has 40 heavy (non-hydrogen) atoms. The zero-order valence-electron chi connectivity index (χ0n) is 23.0. The molecule has 0 spiro atoms. The molecule has 0 aliphatic carbocycles. The summed E-state index contributed by atoms with van der Waals surface area (Å²) < 4.78 is 50.7. The number of phosphoric acid groups is 1. The fourth-order valence-electron chi connectivity index (χ4n) is 4.47. The fraction of sp³-hybridized carbons (Fsp3) is 0.792. The number of nitrogens with zero attached hydrogens (tertiary/aromatic N) is 4. The van der Waals surface area contributed by atoms with Crippen molar-refractivity contribution in [3.8, 4) is 0 Å². The van der Waals surface area contributed by atoms with Gasteiger partial charge in [0.25, 0.3) is 0 Å². The molecule has 3 rings (SSSR count). The lowest BCUT2D eigenvalue weighted by Crippen LogP contribution is -2.31. The van der Waals surface area contributed by atoms with E-state index in [2.05, 4.69) is 21.9 Å². The maximum absolute atomic E-state index is 15.0. The summed E-state index contributed by atoms with van der Waals surface area (Å²) in [5.74, 6) is 0.564. The van der Waals surface area contributed by atoms with E-state index < -0.39 is 45.1 Å². The molecule has 1 aliphatic rings. The van der Waals surface area contributed by atoms with Crippen LogP contribution in [0.5, 0.6) is 0 Å². The number of thioether (sulfide) groups is 1. The van der Waals surface area contributed by atoms with Gasteiger partial charge in [0, 0.05) is 5.75 Å². The Bertz CT molecular complexity index is 1120. The zero-order valence-corrected chi connectivity index (χ0v) is 25.5. The number of phosphoric ester groups is 1. The summed E-state index contributed by atoms with van der Waals surface area (Å²) in [6.45, 7) is 3.41. The number of nitrogens with two attached hydrogens (primary N) is 1. The van der Waals surface area contributed by atoms with Crippen LogP contribution in [-0.4, -0.2) is 85.3 Å². The summed E-state index contributed by atoms with van der Waals surface area (Å²) in [7, 11) is -4.56. The van der Waals surface area contributed by atoms with Gasteiger partial charge in [-0.25, -0.2) is 13.9 Å².